The molecule has 0 aromatic carbocycles. The number of rotatable bonds is 2. The molecule has 0 radical (unpaired) electrons. The van der Waals surface area contributed by atoms with Gasteiger partial charge in [-0.25, -0.2) is 0 Å². The van der Waals surface area contributed by atoms with E-state index in [2.05, 4.69) is 12.2 Å². The standard InChI is InChI=1S/C5H9NS2/c1-6(2)5(8)3-4-7/h4H,3H2,1-2H3. The molecule has 0 saturated heterocycles. The van der Waals surface area contributed by atoms with Gasteiger partial charge in [-0.3, -0.25) is 0 Å². The summed E-state index contributed by atoms with van der Waals surface area (Å²) in [6, 6.07) is 0. The van der Waals surface area contributed by atoms with Crippen molar-refractivity contribution in [3.63, 3.8) is 0 Å². The zero-order valence-electron chi connectivity index (χ0n) is 5.05. The van der Waals surface area contributed by atoms with Crippen molar-refractivity contribution in [3.8, 4) is 0 Å². The molecule has 0 aromatic heterocycles. The average molecular weight is 147 g/mol. The zero-order chi connectivity index (χ0) is 6.57. The molecule has 3 heteroatoms. The van der Waals surface area contributed by atoms with Gasteiger partial charge in [-0.1, -0.05) is 24.4 Å². The van der Waals surface area contributed by atoms with Gasteiger partial charge < -0.3 is 4.90 Å². The molecule has 0 N–H and O–H groups in total. The Morgan fingerprint density at radius 2 is 2.12 bits per heavy atom. The molecule has 0 aliphatic heterocycles. The number of hydrogen-bond acceptors (Lipinski definition) is 2. The summed E-state index contributed by atoms with van der Waals surface area (Å²) < 4.78 is 0. The fraction of sp³-hybridized carbons (Fsp3) is 0.600. The van der Waals surface area contributed by atoms with Crippen molar-refractivity contribution in [2.24, 2.45) is 0 Å². The average Bonchev–Trinajstić information content (AvgIpc) is 1.67. The normalized spacial score (nSPS) is 8.25. The summed E-state index contributed by atoms with van der Waals surface area (Å²) in [5.74, 6) is 0. The Bertz CT molecular complexity index is 98.6. The van der Waals surface area contributed by atoms with E-state index in [9.17, 15) is 0 Å². The van der Waals surface area contributed by atoms with E-state index in [1.54, 1.807) is 5.37 Å². The lowest BCUT2D eigenvalue weighted by molar-refractivity contribution is 0.628. The van der Waals surface area contributed by atoms with Crippen LogP contribution in [0.25, 0.3) is 0 Å². The quantitative estimate of drug-likeness (QED) is 0.541. The molecule has 0 spiro atoms. The van der Waals surface area contributed by atoms with Gasteiger partial charge in [-0.15, -0.1) is 0 Å². The Hall–Kier alpha value is -0.0200. The van der Waals surface area contributed by atoms with Crippen LogP contribution in [0.3, 0.4) is 0 Å². The van der Waals surface area contributed by atoms with E-state index in [0.717, 1.165) is 11.4 Å². The van der Waals surface area contributed by atoms with Crippen molar-refractivity contribution in [2.45, 2.75) is 6.42 Å². The molecule has 0 aromatic rings. The smallest absolute Gasteiger partial charge is 0.0820 e. The van der Waals surface area contributed by atoms with Crippen LogP contribution >= 0.6 is 24.4 Å². The first-order valence-corrected chi connectivity index (χ1v) is 3.20. The largest absolute Gasteiger partial charge is 0.372 e. The molecule has 0 rings (SSSR count). The van der Waals surface area contributed by atoms with E-state index in [0.29, 0.717) is 0 Å². The van der Waals surface area contributed by atoms with Crippen LogP contribution in [0.15, 0.2) is 0 Å². The highest BCUT2D eigenvalue weighted by atomic mass is 32.1. The van der Waals surface area contributed by atoms with Crippen LogP contribution in [0.5, 0.6) is 0 Å². The first-order chi connectivity index (χ1) is 3.68. The lowest BCUT2D eigenvalue weighted by Crippen LogP contribution is -2.19. The Balaban J connectivity index is 3.48. The van der Waals surface area contributed by atoms with Crippen LogP contribution in [0, 0.1) is 0 Å². The molecule has 0 unspecified atom stereocenters. The second-order valence-electron chi connectivity index (χ2n) is 1.66. The highest BCUT2D eigenvalue weighted by Crippen LogP contribution is 1.86. The summed E-state index contributed by atoms with van der Waals surface area (Å²) in [6.45, 7) is 0. The van der Waals surface area contributed by atoms with Crippen molar-refractivity contribution in [1.29, 1.82) is 0 Å². The van der Waals surface area contributed by atoms with Gasteiger partial charge in [0.25, 0.3) is 0 Å². The minimum Gasteiger partial charge on any atom is -0.372 e. The molecule has 0 aliphatic carbocycles. The van der Waals surface area contributed by atoms with E-state index >= 15 is 0 Å². The van der Waals surface area contributed by atoms with Crippen LogP contribution in [0.4, 0.5) is 0 Å². The fourth-order valence-electron chi connectivity index (χ4n) is 0.254. The zero-order valence-corrected chi connectivity index (χ0v) is 6.68. The monoisotopic (exact) mass is 147 g/mol. The maximum Gasteiger partial charge on any atom is 0.0820 e. The second kappa shape index (κ2) is 3.92. The van der Waals surface area contributed by atoms with E-state index in [-0.39, 0.29) is 0 Å². The second-order valence-corrected chi connectivity index (χ2v) is 2.46. The van der Waals surface area contributed by atoms with E-state index in [4.69, 9.17) is 12.2 Å². The maximum absolute atomic E-state index is 4.91. The van der Waals surface area contributed by atoms with Gasteiger partial charge >= 0.3 is 0 Å². The third-order valence-corrected chi connectivity index (χ3v) is 1.46. The van der Waals surface area contributed by atoms with Gasteiger partial charge in [-0.2, -0.15) is 0 Å². The highest BCUT2D eigenvalue weighted by Gasteiger charge is 1.92. The molecule has 1 nitrogen and oxygen atoms in total. The van der Waals surface area contributed by atoms with Gasteiger partial charge in [-0.05, 0) is 5.37 Å². The van der Waals surface area contributed by atoms with Crippen molar-refractivity contribution < 1.29 is 0 Å². The molecule has 0 amide bonds. The Morgan fingerprint density at radius 3 is 2.25 bits per heavy atom. The third-order valence-electron chi connectivity index (χ3n) is 0.757. The van der Waals surface area contributed by atoms with E-state index in [1.165, 1.54) is 0 Å². The van der Waals surface area contributed by atoms with Crippen LogP contribution in [-0.4, -0.2) is 29.4 Å². The molecular formula is C5H9NS2. The molecule has 0 saturated carbocycles. The van der Waals surface area contributed by atoms with Crippen molar-refractivity contribution in [1.82, 2.24) is 4.90 Å². The van der Waals surface area contributed by atoms with Gasteiger partial charge in [0.2, 0.25) is 0 Å². The summed E-state index contributed by atoms with van der Waals surface area (Å²) in [5.41, 5.74) is 0. The lowest BCUT2D eigenvalue weighted by atomic mass is 10.5. The van der Waals surface area contributed by atoms with Crippen LogP contribution < -0.4 is 0 Å². The van der Waals surface area contributed by atoms with Crippen molar-refractivity contribution in [3.05, 3.63) is 0 Å². The van der Waals surface area contributed by atoms with Gasteiger partial charge in [0.05, 0.1) is 4.99 Å². The predicted octanol–water partition coefficient (Wildman–Crippen LogP) is 1.27. The van der Waals surface area contributed by atoms with Crippen LogP contribution in [0.1, 0.15) is 6.42 Å². The van der Waals surface area contributed by atoms with Crippen molar-refractivity contribution >= 4 is 34.8 Å². The fourth-order valence-corrected chi connectivity index (χ4v) is 0.601. The Labute approximate surface area is 60.7 Å². The summed E-state index contributed by atoms with van der Waals surface area (Å²) in [4.78, 5) is 2.78. The molecule has 0 fully saturated rings. The van der Waals surface area contributed by atoms with Crippen molar-refractivity contribution in [2.75, 3.05) is 14.1 Å². The van der Waals surface area contributed by atoms with Gasteiger partial charge in [0, 0.05) is 20.5 Å². The number of hydrogen-bond donors (Lipinski definition) is 0. The Morgan fingerprint density at radius 1 is 1.62 bits per heavy atom. The molecular weight excluding hydrogens is 138 g/mol. The van der Waals surface area contributed by atoms with Crippen LogP contribution in [-0.2, 0) is 0 Å². The summed E-state index contributed by atoms with van der Waals surface area (Å²) >= 11 is 9.51. The summed E-state index contributed by atoms with van der Waals surface area (Å²) in [6.07, 6.45) is 0.734. The molecule has 8 heavy (non-hydrogen) atoms. The lowest BCUT2D eigenvalue weighted by Gasteiger charge is -2.09. The topological polar surface area (TPSA) is 3.24 Å². The SMILES string of the molecule is CN(C)C(=S)CC=S. The summed E-state index contributed by atoms with van der Waals surface area (Å²) in [7, 11) is 3.84. The highest BCUT2D eigenvalue weighted by molar-refractivity contribution is 7.81. The minimum absolute atomic E-state index is 0.734. The Kier molecular flexibility index (Phi) is 3.91. The molecule has 46 valence electrons. The minimum atomic E-state index is 0.734. The van der Waals surface area contributed by atoms with E-state index < -0.39 is 0 Å². The molecule has 0 aliphatic rings. The summed E-state index contributed by atoms with van der Waals surface area (Å²) in [5, 5.41) is 1.64. The van der Waals surface area contributed by atoms with E-state index in [1.807, 2.05) is 19.0 Å². The first-order valence-electron chi connectivity index (χ1n) is 2.32. The van der Waals surface area contributed by atoms with Gasteiger partial charge in [0.15, 0.2) is 0 Å². The maximum atomic E-state index is 4.91. The molecule has 0 atom stereocenters. The van der Waals surface area contributed by atoms with Gasteiger partial charge in [0.1, 0.15) is 0 Å². The number of thiocarbonyl (C=S) groups is 2. The van der Waals surface area contributed by atoms with Crippen LogP contribution in [0.2, 0.25) is 0 Å². The third kappa shape index (κ3) is 3.04. The molecule has 0 heterocycles. The predicted molar refractivity (Wildman–Crippen MR) is 44.6 cm³/mol. The number of nitrogens with zero attached hydrogens (tertiary/aromatic N) is 1. The first kappa shape index (κ1) is 7.98. The molecule has 0 bridgehead atoms.